The minimum atomic E-state index is -4.50. The van der Waals surface area contributed by atoms with Crippen LogP contribution in [0.2, 0.25) is 0 Å². The maximum Gasteiger partial charge on any atom is 0.416 e. The van der Waals surface area contributed by atoms with Gasteiger partial charge in [0.15, 0.2) is 0 Å². The van der Waals surface area contributed by atoms with Gasteiger partial charge < -0.3 is 10.2 Å². The molecule has 2 rings (SSSR count). The molecule has 0 aliphatic rings. The van der Waals surface area contributed by atoms with E-state index in [1.54, 1.807) is 25.4 Å². The molecule has 0 unspecified atom stereocenters. The van der Waals surface area contributed by atoms with Crippen LogP contribution in [0.5, 0.6) is 0 Å². The molecule has 1 heterocycles. The Morgan fingerprint density at radius 1 is 1.30 bits per heavy atom. The van der Waals surface area contributed by atoms with E-state index >= 15 is 0 Å². The average molecular weight is 379 g/mol. The number of benzene rings is 1. The molecule has 0 saturated carbocycles. The molecule has 7 nitrogen and oxygen atoms in total. The van der Waals surface area contributed by atoms with Gasteiger partial charge in [-0.2, -0.15) is 13.2 Å². The number of carbonyl (C=O) groups is 1. The van der Waals surface area contributed by atoms with Crippen LogP contribution in [0.3, 0.4) is 0 Å². The fourth-order valence-corrected chi connectivity index (χ4v) is 1.87. The van der Waals surface area contributed by atoms with Gasteiger partial charge >= 0.3 is 12.2 Å². The van der Waals surface area contributed by atoms with Crippen molar-refractivity contribution >= 4 is 11.7 Å². The molecule has 10 heteroatoms. The smallest absolute Gasteiger partial charge is 0.321 e. The first-order valence-electron chi connectivity index (χ1n) is 7.73. The van der Waals surface area contributed by atoms with Gasteiger partial charge in [-0.25, -0.2) is 4.79 Å². The van der Waals surface area contributed by atoms with Crippen molar-refractivity contribution < 1.29 is 22.8 Å². The number of hydrogen-bond acceptors (Lipinski definition) is 5. The lowest BCUT2D eigenvalue weighted by Crippen LogP contribution is -2.28. The zero-order valence-corrected chi connectivity index (χ0v) is 14.2. The Hall–Kier alpha value is -3.43. The fraction of sp³-hybridized carbons (Fsp3) is 0.176. The van der Waals surface area contributed by atoms with Crippen LogP contribution in [0.4, 0.5) is 23.7 Å². The van der Waals surface area contributed by atoms with Gasteiger partial charge in [-0.05, 0) is 42.8 Å². The normalized spacial score (nSPS) is 12.1. The summed E-state index contributed by atoms with van der Waals surface area (Å²) in [7, 11) is 0. The topological polar surface area (TPSA) is 88.0 Å². The summed E-state index contributed by atoms with van der Waals surface area (Å²) in [5, 5.41) is 11.9. The predicted molar refractivity (Wildman–Crippen MR) is 91.2 cm³/mol. The van der Waals surface area contributed by atoms with Crippen molar-refractivity contribution in [2.24, 2.45) is 10.4 Å². The zero-order chi connectivity index (χ0) is 19.7. The quantitative estimate of drug-likeness (QED) is 0.434. The lowest BCUT2D eigenvalue weighted by atomic mass is 10.2. The van der Waals surface area contributed by atoms with Crippen LogP contribution in [0.1, 0.15) is 18.1 Å². The Morgan fingerprint density at radius 3 is 2.78 bits per heavy atom. The van der Waals surface area contributed by atoms with Crippen LogP contribution in [0, 0.1) is 0 Å². The van der Waals surface area contributed by atoms with Crippen molar-refractivity contribution in [2.45, 2.75) is 19.6 Å². The molecule has 0 fully saturated rings. The number of amides is 2. The molecule has 2 aromatic rings. The van der Waals surface area contributed by atoms with Crippen molar-refractivity contribution in [1.82, 2.24) is 10.3 Å². The number of nitrogens with zero attached hydrogens (tertiary/aromatic N) is 3. The molecule has 1 aromatic carbocycles. The number of urea groups is 1. The Balaban J connectivity index is 1.86. The summed E-state index contributed by atoms with van der Waals surface area (Å²) in [6.45, 7) is 1.82. The molecule has 0 atom stereocenters. The molecule has 27 heavy (non-hydrogen) atoms. The van der Waals surface area contributed by atoms with Crippen LogP contribution in [0.25, 0.3) is 0 Å². The highest BCUT2D eigenvalue weighted by molar-refractivity contribution is 5.90. The third-order valence-electron chi connectivity index (χ3n) is 3.12. The van der Waals surface area contributed by atoms with Gasteiger partial charge in [0.25, 0.3) is 0 Å². The Morgan fingerprint density at radius 2 is 2.11 bits per heavy atom. The third-order valence-corrected chi connectivity index (χ3v) is 3.12. The number of rotatable bonds is 6. The first-order valence-corrected chi connectivity index (χ1v) is 7.73. The highest BCUT2D eigenvalue weighted by atomic mass is 19.4. The number of anilines is 1. The summed E-state index contributed by atoms with van der Waals surface area (Å²) in [6.07, 6.45) is 0.160. The molecule has 0 spiro atoms. The molecule has 0 aliphatic carbocycles. The summed E-state index contributed by atoms with van der Waals surface area (Å²) in [6, 6.07) is 7.03. The van der Waals surface area contributed by atoms with Crippen molar-refractivity contribution in [3.8, 4) is 0 Å². The second-order valence-electron chi connectivity index (χ2n) is 5.14. The molecular formula is C17H16F3N5O2. The highest BCUT2D eigenvalue weighted by Gasteiger charge is 2.30. The van der Waals surface area contributed by atoms with E-state index in [4.69, 9.17) is 4.84 Å². The fourth-order valence-electron chi connectivity index (χ4n) is 1.87. The predicted octanol–water partition coefficient (Wildman–Crippen LogP) is 4.67. The van der Waals surface area contributed by atoms with E-state index in [1.165, 1.54) is 18.2 Å². The number of allylic oxidation sites excluding steroid dienone is 1. The number of carbonyl (C=O) groups excluding carboxylic acids is 1. The number of hydrogen-bond donors (Lipinski definition) is 2. The SMILES string of the molecule is C/C=C(/NC(=O)Nc1cccc(C(F)(F)F)c1)ON=NCc1cccnc1. The van der Waals surface area contributed by atoms with Crippen LogP contribution < -0.4 is 10.6 Å². The van der Waals surface area contributed by atoms with Gasteiger partial charge in [0.05, 0.1) is 12.1 Å². The maximum absolute atomic E-state index is 12.7. The van der Waals surface area contributed by atoms with Gasteiger partial charge in [0.2, 0.25) is 5.88 Å². The Labute approximate surface area is 152 Å². The molecule has 0 bridgehead atoms. The van der Waals surface area contributed by atoms with Gasteiger partial charge in [0, 0.05) is 23.4 Å². The summed E-state index contributed by atoms with van der Waals surface area (Å²) in [5.41, 5.74) is -0.0647. The van der Waals surface area contributed by atoms with E-state index in [0.717, 1.165) is 17.7 Å². The third kappa shape index (κ3) is 6.77. The average Bonchev–Trinajstić information content (AvgIpc) is 2.64. The second kappa shape index (κ2) is 9.32. The summed E-state index contributed by atoms with van der Waals surface area (Å²) in [5.74, 6) is -0.0330. The van der Waals surface area contributed by atoms with Crippen molar-refractivity contribution in [3.63, 3.8) is 0 Å². The molecule has 0 radical (unpaired) electrons. The van der Waals surface area contributed by atoms with E-state index in [2.05, 4.69) is 26.0 Å². The first kappa shape index (κ1) is 19.9. The van der Waals surface area contributed by atoms with E-state index in [0.29, 0.717) is 0 Å². The van der Waals surface area contributed by atoms with E-state index in [9.17, 15) is 18.0 Å². The molecular weight excluding hydrogens is 363 g/mol. The monoisotopic (exact) mass is 379 g/mol. The maximum atomic E-state index is 12.7. The van der Waals surface area contributed by atoms with Gasteiger partial charge in [0.1, 0.15) is 0 Å². The summed E-state index contributed by atoms with van der Waals surface area (Å²) >= 11 is 0. The zero-order valence-electron chi connectivity index (χ0n) is 14.2. The minimum Gasteiger partial charge on any atom is -0.321 e. The largest absolute Gasteiger partial charge is 0.416 e. The summed E-state index contributed by atoms with van der Waals surface area (Å²) < 4.78 is 38.0. The van der Waals surface area contributed by atoms with Gasteiger partial charge in [-0.1, -0.05) is 12.1 Å². The van der Waals surface area contributed by atoms with Gasteiger partial charge in [-0.15, -0.1) is 5.11 Å². The molecule has 1 aromatic heterocycles. The second-order valence-corrected chi connectivity index (χ2v) is 5.14. The van der Waals surface area contributed by atoms with E-state index in [1.807, 2.05) is 6.07 Å². The lowest BCUT2D eigenvalue weighted by Gasteiger charge is -2.11. The molecule has 142 valence electrons. The Kier molecular flexibility index (Phi) is 6.86. The lowest BCUT2D eigenvalue weighted by molar-refractivity contribution is -0.137. The molecule has 2 amide bonds. The van der Waals surface area contributed by atoms with Crippen LogP contribution in [0.15, 0.2) is 71.1 Å². The van der Waals surface area contributed by atoms with E-state index < -0.39 is 17.8 Å². The number of alkyl halides is 3. The standard InChI is InChI=1S/C17H16F3N5O2/c1-2-15(27-25-22-11-12-5-4-8-21-10-12)24-16(26)23-14-7-3-6-13(9-14)17(18,19)20/h2-10H,11H2,1H3,(H2,23,24,26)/b15-2-,25-22?. The number of pyridine rings is 1. The highest BCUT2D eigenvalue weighted by Crippen LogP contribution is 2.30. The number of halogens is 3. The summed E-state index contributed by atoms with van der Waals surface area (Å²) in [4.78, 5) is 20.8. The number of nitrogens with one attached hydrogen (secondary N) is 2. The van der Waals surface area contributed by atoms with Crippen LogP contribution in [-0.4, -0.2) is 11.0 Å². The van der Waals surface area contributed by atoms with Crippen molar-refractivity contribution in [2.75, 3.05) is 5.32 Å². The van der Waals surface area contributed by atoms with Crippen LogP contribution in [-0.2, 0) is 17.6 Å². The van der Waals surface area contributed by atoms with E-state index in [-0.39, 0.29) is 18.1 Å². The Bertz CT molecular complexity index is 823. The minimum absolute atomic E-state index is 0.0176. The first-order chi connectivity index (χ1) is 12.9. The van der Waals surface area contributed by atoms with Gasteiger partial charge in [-0.3, -0.25) is 10.3 Å². The van der Waals surface area contributed by atoms with Crippen molar-refractivity contribution in [1.29, 1.82) is 0 Å². The molecule has 2 N–H and O–H groups in total. The van der Waals surface area contributed by atoms with Crippen LogP contribution >= 0.6 is 0 Å². The van der Waals surface area contributed by atoms with Crippen molar-refractivity contribution in [3.05, 3.63) is 71.9 Å². The molecule has 0 saturated heterocycles. The number of aromatic nitrogens is 1. The molecule has 0 aliphatic heterocycles.